The van der Waals surface area contributed by atoms with Crippen LogP contribution in [0.5, 0.6) is 5.75 Å². The number of ether oxygens (including phenoxy) is 2. The third-order valence-corrected chi connectivity index (χ3v) is 3.37. The fraction of sp³-hybridized carbons (Fsp3) is 0.333. The highest BCUT2D eigenvalue weighted by Gasteiger charge is 2.33. The summed E-state index contributed by atoms with van der Waals surface area (Å²) < 4.78 is 53.4. The van der Waals surface area contributed by atoms with Gasteiger partial charge in [-0.1, -0.05) is 6.07 Å². The van der Waals surface area contributed by atoms with Crippen molar-refractivity contribution in [3.63, 3.8) is 0 Å². The van der Waals surface area contributed by atoms with E-state index in [-0.39, 0.29) is 24.7 Å². The molecule has 152 valence electrons. The van der Waals surface area contributed by atoms with Gasteiger partial charge in [-0.3, -0.25) is 10.1 Å². The number of carbonyl (C=O) groups excluding carboxylic acids is 2. The van der Waals surface area contributed by atoms with Gasteiger partial charge in [0.1, 0.15) is 18.1 Å². The molecule has 7 nitrogen and oxygen atoms in total. The molecular weight excluding hydrogens is 381 g/mol. The number of halogens is 3. The van der Waals surface area contributed by atoms with Gasteiger partial charge in [0.2, 0.25) is 0 Å². The van der Waals surface area contributed by atoms with E-state index in [9.17, 15) is 22.8 Å². The normalized spacial score (nSPS) is 11.0. The molecule has 1 aromatic heterocycles. The fourth-order valence-electron chi connectivity index (χ4n) is 2.22. The molecule has 10 heteroatoms. The molecule has 1 N–H and O–H groups in total. The highest BCUT2D eigenvalue weighted by Crippen LogP contribution is 2.20. The van der Waals surface area contributed by atoms with Crippen LogP contribution in [-0.2, 0) is 16.1 Å². The van der Waals surface area contributed by atoms with Crippen molar-refractivity contribution in [1.82, 2.24) is 4.90 Å². The number of benzene rings is 1. The number of hydrogen-bond acceptors (Lipinski definition) is 5. The van der Waals surface area contributed by atoms with Crippen LogP contribution in [0.25, 0.3) is 0 Å². The maximum absolute atomic E-state index is 12.8. The lowest BCUT2D eigenvalue weighted by Crippen LogP contribution is -2.40. The molecule has 0 bridgehead atoms. The molecular formula is C18H19F3N2O5. The summed E-state index contributed by atoms with van der Waals surface area (Å²) in [7, 11) is 0. The highest BCUT2D eigenvalue weighted by atomic mass is 19.4. The number of rotatable bonds is 8. The molecule has 2 amide bonds. The molecule has 0 atom stereocenters. The van der Waals surface area contributed by atoms with Gasteiger partial charge in [0.05, 0.1) is 19.4 Å². The summed E-state index contributed by atoms with van der Waals surface area (Å²) in [6.07, 6.45) is -3.92. The number of anilines is 1. The number of alkyl halides is 3. The van der Waals surface area contributed by atoms with E-state index in [0.717, 1.165) is 0 Å². The van der Waals surface area contributed by atoms with E-state index < -0.39 is 31.3 Å². The fourth-order valence-corrected chi connectivity index (χ4v) is 2.22. The Bertz CT molecular complexity index is 778. The van der Waals surface area contributed by atoms with Crippen LogP contribution in [0.3, 0.4) is 0 Å². The average molecular weight is 400 g/mol. The number of hydrogen-bond donors (Lipinski definition) is 1. The van der Waals surface area contributed by atoms with E-state index in [2.05, 4.69) is 5.32 Å². The second kappa shape index (κ2) is 9.67. The summed E-state index contributed by atoms with van der Waals surface area (Å²) in [5.74, 6) is -0.441. The van der Waals surface area contributed by atoms with Gasteiger partial charge in [0.25, 0.3) is 5.91 Å². The van der Waals surface area contributed by atoms with Gasteiger partial charge in [-0.25, -0.2) is 4.79 Å². The summed E-state index contributed by atoms with van der Waals surface area (Å²) in [4.78, 5) is 24.2. The van der Waals surface area contributed by atoms with Gasteiger partial charge in [-0.2, -0.15) is 13.2 Å². The number of furan rings is 1. The Balaban J connectivity index is 1.98. The molecule has 0 aliphatic carbocycles. The van der Waals surface area contributed by atoms with Crippen LogP contribution in [0.15, 0.2) is 47.1 Å². The van der Waals surface area contributed by atoms with E-state index in [1.165, 1.54) is 30.5 Å². The van der Waals surface area contributed by atoms with Crippen molar-refractivity contribution in [3.05, 3.63) is 48.4 Å². The highest BCUT2D eigenvalue weighted by molar-refractivity contribution is 5.84. The number of amides is 2. The molecule has 2 rings (SSSR count). The molecule has 1 aromatic carbocycles. The monoisotopic (exact) mass is 400 g/mol. The molecule has 0 radical (unpaired) electrons. The van der Waals surface area contributed by atoms with Crippen molar-refractivity contribution in [2.24, 2.45) is 0 Å². The smallest absolute Gasteiger partial charge is 0.411 e. The second-order valence-electron chi connectivity index (χ2n) is 5.61. The standard InChI is InChI=1S/C18H19F3N2O5/c1-2-26-17(25)22-13-5-3-6-14(9-13)28-11-16(24)23(12-18(19,20)21)10-15-7-4-8-27-15/h3-9H,2,10-12H2,1H3,(H,22,25). The maximum Gasteiger partial charge on any atom is 0.411 e. The third-order valence-electron chi connectivity index (χ3n) is 3.37. The van der Waals surface area contributed by atoms with Crippen molar-refractivity contribution in [2.75, 3.05) is 25.1 Å². The van der Waals surface area contributed by atoms with Gasteiger partial charge in [-0.05, 0) is 31.2 Å². The zero-order valence-corrected chi connectivity index (χ0v) is 15.0. The first-order valence-corrected chi connectivity index (χ1v) is 8.30. The minimum atomic E-state index is -4.56. The lowest BCUT2D eigenvalue weighted by atomic mass is 10.3. The molecule has 0 aliphatic rings. The quantitative estimate of drug-likeness (QED) is 0.729. The largest absolute Gasteiger partial charge is 0.484 e. The van der Waals surface area contributed by atoms with Gasteiger partial charge in [-0.15, -0.1) is 0 Å². The van der Waals surface area contributed by atoms with Crippen LogP contribution in [0.1, 0.15) is 12.7 Å². The Labute approximate surface area is 159 Å². The molecule has 0 spiro atoms. The summed E-state index contributed by atoms with van der Waals surface area (Å²) in [5.41, 5.74) is 0.353. The Morgan fingerprint density at radius 3 is 2.64 bits per heavy atom. The summed E-state index contributed by atoms with van der Waals surface area (Å²) in [5, 5.41) is 2.46. The zero-order chi connectivity index (χ0) is 20.6. The summed E-state index contributed by atoms with van der Waals surface area (Å²) in [6, 6.07) is 9.04. The van der Waals surface area contributed by atoms with Crippen molar-refractivity contribution < 1.29 is 36.7 Å². The van der Waals surface area contributed by atoms with E-state index in [4.69, 9.17) is 13.9 Å². The average Bonchev–Trinajstić information content (AvgIpc) is 3.11. The first-order valence-electron chi connectivity index (χ1n) is 8.30. The van der Waals surface area contributed by atoms with Crippen molar-refractivity contribution >= 4 is 17.7 Å². The number of carbonyl (C=O) groups is 2. The van der Waals surface area contributed by atoms with Crippen LogP contribution in [-0.4, -0.2) is 42.8 Å². The predicted octanol–water partition coefficient (Wildman–Crippen LogP) is 3.82. The Morgan fingerprint density at radius 1 is 1.21 bits per heavy atom. The molecule has 0 unspecified atom stereocenters. The van der Waals surface area contributed by atoms with Crippen molar-refractivity contribution in [3.8, 4) is 5.75 Å². The minimum Gasteiger partial charge on any atom is -0.484 e. The molecule has 0 saturated heterocycles. The van der Waals surface area contributed by atoms with Crippen LogP contribution >= 0.6 is 0 Å². The minimum absolute atomic E-state index is 0.196. The van der Waals surface area contributed by atoms with Crippen molar-refractivity contribution in [1.29, 1.82) is 0 Å². The maximum atomic E-state index is 12.8. The Hall–Kier alpha value is -3.17. The molecule has 28 heavy (non-hydrogen) atoms. The van der Waals surface area contributed by atoms with Crippen LogP contribution < -0.4 is 10.1 Å². The van der Waals surface area contributed by atoms with Crippen LogP contribution in [0.2, 0.25) is 0 Å². The third kappa shape index (κ3) is 7.22. The summed E-state index contributed by atoms with van der Waals surface area (Å²) >= 11 is 0. The molecule has 0 saturated carbocycles. The van der Waals surface area contributed by atoms with Gasteiger partial charge >= 0.3 is 12.3 Å². The molecule has 0 fully saturated rings. The van der Waals surface area contributed by atoms with Gasteiger partial charge in [0, 0.05) is 11.8 Å². The molecule has 2 aromatic rings. The van der Waals surface area contributed by atoms with Gasteiger partial charge in [0.15, 0.2) is 6.61 Å². The SMILES string of the molecule is CCOC(=O)Nc1cccc(OCC(=O)N(Cc2ccco2)CC(F)(F)F)c1. The molecule has 0 aliphatic heterocycles. The van der Waals surface area contributed by atoms with Crippen LogP contribution in [0, 0.1) is 0 Å². The van der Waals surface area contributed by atoms with E-state index >= 15 is 0 Å². The van der Waals surface area contributed by atoms with E-state index in [1.807, 2.05) is 0 Å². The first kappa shape index (κ1) is 21.1. The zero-order valence-electron chi connectivity index (χ0n) is 15.0. The number of nitrogens with zero attached hydrogens (tertiary/aromatic N) is 1. The molecule has 1 heterocycles. The van der Waals surface area contributed by atoms with Crippen molar-refractivity contribution in [2.45, 2.75) is 19.6 Å². The predicted molar refractivity (Wildman–Crippen MR) is 92.8 cm³/mol. The Kier molecular flexibility index (Phi) is 7.30. The lowest BCUT2D eigenvalue weighted by Gasteiger charge is -2.23. The van der Waals surface area contributed by atoms with Gasteiger partial charge < -0.3 is 18.8 Å². The topological polar surface area (TPSA) is 81.0 Å². The van der Waals surface area contributed by atoms with E-state index in [0.29, 0.717) is 10.6 Å². The van der Waals surface area contributed by atoms with Crippen LogP contribution in [0.4, 0.5) is 23.7 Å². The number of nitrogens with one attached hydrogen (secondary N) is 1. The first-order chi connectivity index (χ1) is 13.3. The van der Waals surface area contributed by atoms with E-state index in [1.54, 1.807) is 19.1 Å². The second-order valence-corrected chi connectivity index (χ2v) is 5.61. The lowest BCUT2D eigenvalue weighted by molar-refractivity contribution is -0.164. The summed E-state index contributed by atoms with van der Waals surface area (Å²) in [6.45, 7) is -0.527. The Morgan fingerprint density at radius 2 is 2.00 bits per heavy atom.